The van der Waals surface area contributed by atoms with Gasteiger partial charge in [-0.15, -0.1) is 0 Å². The van der Waals surface area contributed by atoms with Gasteiger partial charge in [-0.25, -0.2) is 4.98 Å². The Kier molecular flexibility index (Phi) is 4.63. The Balaban J connectivity index is 2.96. The molecule has 0 aliphatic rings. The first-order valence-electron chi connectivity index (χ1n) is 5.00. The van der Waals surface area contributed by atoms with Gasteiger partial charge in [-0.2, -0.15) is 17.6 Å². The monoisotopic (exact) mass is 318 g/mol. The molecule has 3 nitrogen and oxygen atoms in total. The van der Waals surface area contributed by atoms with Crippen LogP contribution in [0.15, 0.2) is 12.1 Å². The van der Waals surface area contributed by atoms with Crippen LogP contribution in [0, 0.1) is 0 Å². The van der Waals surface area contributed by atoms with Crippen molar-refractivity contribution < 1.29 is 22.4 Å². The molecule has 1 amide bonds. The van der Waals surface area contributed by atoms with Gasteiger partial charge in [0.1, 0.15) is 10.3 Å². The number of amides is 1. The summed E-state index contributed by atoms with van der Waals surface area (Å²) in [4.78, 5) is 14.7. The van der Waals surface area contributed by atoms with Crippen molar-refractivity contribution in [1.82, 2.24) is 4.98 Å². The van der Waals surface area contributed by atoms with E-state index in [4.69, 9.17) is 23.2 Å². The van der Waals surface area contributed by atoms with Crippen molar-refractivity contribution in [3.8, 4) is 0 Å². The highest BCUT2D eigenvalue weighted by Gasteiger charge is 2.60. The summed E-state index contributed by atoms with van der Waals surface area (Å²) in [5.41, 5.74) is -0.249. The van der Waals surface area contributed by atoms with Crippen LogP contribution in [0.5, 0.6) is 0 Å². The maximum absolute atomic E-state index is 13.2. The van der Waals surface area contributed by atoms with Crippen LogP contribution in [-0.4, -0.2) is 22.7 Å². The lowest BCUT2D eigenvalue weighted by Gasteiger charge is -2.24. The highest BCUT2D eigenvalue weighted by Crippen LogP contribution is 2.37. The summed E-state index contributed by atoms with van der Waals surface area (Å²) in [5.74, 6) is -11.4. The third-order valence-electron chi connectivity index (χ3n) is 2.21. The normalized spacial score (nSPS) is 12.4. The van der Waals surface area contributed by atoms with Gasteiger partial charge in [0.05, 0.1) is 0 Å². The van der Waals surface area contributed by atoms with E-state index in [2.05, 4.69) is 4.98 Å². The molecular weight excluding hydrogens is 311 g/mol. The van der Waals surface area contributed by atoms with Gasteiger partial charge in [0.15, 0.2) is 0 Å². The highest BCUT2D eigenvalue weighted by atomic mass is 35.5. The van der Waals surface area contributed by atoms with Crippen LogP contribution in [0.25, 0.3) is 0 Å². The number of nitrogens with zero attached hydrogens (tertiary/aromatic N) is 1. The summed E-state index contributed by atoms with van der Waals surface area (Å²) in [5, 5.41) is 1.28. The number of carbonyl (C=O) groups is 1. The molecule has 0 atom stereocenters. The van der Waals surface area contributed by atoms with Crippen LogP contribution in [0.4, 0.5) is 23.2 Å². The summed E-state index contributed by atoms with van der Waals surface area (Å²) in [6.07, 6.45) is -1.18. The Morgan fingerprint density at radius 1 is 1.26 bits per heavy atom. The summed E-state index contributed by atoms with van der Waals surface area (Å²) < 4.78 is 52.4. The van der Waals surface area contributed by atoms with Gasteiger partial charge >= 0.3 is 17.8 Å². The van der Waals surface area contributed by atoms with Gasteiger partial charge in [0.2, 0.25) is 0 Å². The molecule has 0 saturated heterocycles. The van der Waals surface area contributed by atoms with Gasteiger partial charge in [-0.05, 0) is 12.1 Å². The van der Waals surface area contributed by atoms with Gasteiger partial charge in [0.25, 0.3) is 0 Å². The van der Waals surface area contributed by atoms with Crippen molar-refractivity contribution in [3.05, 3.63) is 22.4 Å². The van der Waals surface area contributed by atoms with Crippen molar-refractivity contribution in [2.24, 2.45) is 0 Å². The van der Waals surface area contributed by atoms with Gasteiger partial charge in [-0.3, -0.25) is 4.79 Å². The van der Waals surface area contributed by atoms with Crippen LogP contribution in [0.2, 0.25) is 10.3 Å². The first-order valence-corrected chi connectivity index (χ1v) is 5.76. The molecule has 1 rings (SSSR count). The zero-order valence-electron chi connectivity index (χ0n) is 9.49. The molecule has 0 unspecified atom stereocenters. The summed E-state index contributed by atoms with van der Waals surface area (Å²) in [6.45, 7) is 0.849. The van der Waals surface area contributed by atoms with Crippen LogP contribution in [0.3, 0.4) is 0 Å². The first-order chi connectivity index (χ1) is 8.60. The molecule has 106 valence electrons. The van der Waals surface area contributed by atoms with Crippen molar-refractivity contribution in [3.63, 3.8) is 0 Å². The second-order valence-electron chi connectivity index (χ2n) is 3.59. The molecular formula is C10H8Cl2F4N2O. The second kappa shape index (κ2) is 5.50. The number of halogens is 6. The summed E-state index contributed by atoms with van der Waals surface area (Å²) in [7, 11) is 0. The number of aromatic nitrogens is 1. The van der Waals surface area contributed by atoms with Crippen LogP contribution in [0.1, 0.15) is 13.3 Å². The number of alkyl halides is 4. The zero-order valence-corrected chi connectivity index (χ0v) is 11.0. The lowest BCUT2D eigenvalue weighted by atomic mass is 10.1. The minimum absolute atomic E-state index is 0.173. The van der Waals surface area contributed by atoms with Crippen molar-refractivity contribution in [1.29, 1.82) is 0 Å². The van der Waals surface area contributed by atoms with E-state index >= 15 is 0 Å². The number of anilines is 1. The topological polar surface area (TPSA) is 42.0 Å². The van der Waals surface area contributed by atoms with E-state index in [1.807, 2.05) is 0 Å². The Hall–Kier alpha value is -1.08. The Morgan fingerprint density at radius 2 is 1.74 bits per heavy atom. The average Bonchev–Trinajstić information content (AvgIpc) is 2.27. The zero-order chi connectivity index (χ0) is 14.8. The maximum atomic E-state index is 13.2. The molecule has 0 aromatic carbocycles. The lowest BCUT2D eigenvalue weighted by molar-refractivity contribution is -0.206. The second-order valence-corrected chi connectivity index (χ2v) is 4.36. The smallest absolute Gasteiger partial charge is 0.320 e. The minimum Gasteiger partial charge on any atom is -0.320 e. The molecule has 0 fully saturated rings. The minimum atomic E-state index is -4.84. The largest absolute Gasteiger partial charge is 0.386 e. The predicted octanol–water partition coefficient (Wildman–Crippen LogP) is 4.01. The predicted molar refractivity (Wildman–Crippen MR) is 63.1 cm³/mol. The average molecular weight is 319 g/mol. The Labute approximate surface area is 115 Å². The van der Waals surface area contributed by atoms with Crippen LogP contribution < -0.4 is 5.32 Å². The number of pyridine rings is 1. The molecule has 1 heterocycles. The fourth-order valence-corrected chi connectivity index (χ4v) is 1.60. The van der Waals surface area contributed by atoms with E-state index in [9.17, 15) is 22.4 Å². The first kappa shape index (κ1) is 16.0. The molecule has 19 heavy (non-hydrogen) atoms. The molecule has 1 N–H and O–H groups in total. The van der Waals surface area contributed by atoms with E-state index in [0.29, 0.717) is 0 Å². The molecule has 0 bridgehead atoms. The van der Waals surface area contributed by atoms with Crippen molar-refractivity contribution in [2.75, 3.05) is 5.32 Å². The molecule has 0 aliphatic carbocycles. The fraction of sp³-hybridized carbons (Fsp3) is 0.400. The van der Waals surface area contributed by atoms with Crippen LogP contribution in [-0.2, 0) is 4.79 Å². The number of rotatable bonds is 4. The molecule has 0 radical (unpaired) electrons. The van der Waals surface area contributed by atoms with Crippen LogP contribution >= 0.6 is 23.2 Å². The van der Waals surface area contributed by atoms with Gasteiger partial charge in [0, 0.05) is 12.1 Å². The number of nitrogens with one attached hydrogen (secondary N) is 1. The molecule has 0 saturated carbocycles. The molecule has 0 spiro atoms. The van der Waals surface area contributed by atoms with Crippen molar-refractivity contribution >= 4 is 34.8 Å². The standard InChI is InChI=1S/C10H8Cl2F4N2O/c1-2-9(13,14)10(15,16)8(19)17-5-3-6(11)18-7(12)4-5/h3-4H,2H2,1H3,(H,17,18,19). The summed E-state index contributed by atoms with van der Waals surface area (Å²) >= 11 is 11.0. The quantitative estimate of drug-likeness (QED) is 0.673. The molecule has 1 aromatic rings. The van der Waals surface area contributed by atoms with E-state index in [1.54, 1.807) is 5.32 Å². The highest BCUT2D eigenvalue weighted by molar-refractivity contribution is 6.33. The Morgan fingerprint density at radius 3 is 2.16 bits per heavy atom. The molecule has 9 heteroatoms. The van der Waals surface area contributed by atoms with Crippen molar-refractivity contribution in [2.45, 2.75) is 25.2 Å². The van der Waals surface area contributed by atoms with E-state index in [0.717, 1.165) is 19.1 Å². The SMILES string of the molecule is CCC(F)(F)C(F)(F)C(=O)Nc1cc(Cl)nc(Cl)c1. The molecule has 1 aromatic heterocycles. The third-order valence-corrected chi connectivity index (χ3v) is 2.60. The van der Waals surface area contributed by atoms with E-state index in [1.165, 1.54) is 0 Å². The van der Waals surface area contributed by atoms with E-state index < -0.39 is 24.2 Å². The number of hydrogen-bond donors (Lipinski definition) is 1. The number of carbonyl (C=O) groups excluding carboxylic acids is 1. The Bertz CT molecular complexity index is 476. The van der Waals surface area contributed by atoms with Gasteiger partial charge < -0.3 is 5.32 Å². The molecule has 0 aliphatic heterocycles. The number of hydrogen-bond acceptors (Lipinski definition) is 2. The van der Waals surface area contributed by atoms with Gasteiger partial charge in [-0.1, -0.05) is 30.1 Å². The third kappa shape index (κ3) is 3.48. The maximum Gasteiger partial charge on any atom is 0.386 e. The lowest BCUT2D eigenvalue weighted by Crippen LogP contribution is -2.49. The summed E-state index contributed by atoms with van der Waals surface area (Å²) in [6, 6.07) is 2.01. The fourth-order valence-electron chi connectivity index (χ4n) is 1.13. The van der Waals surface area contributed by atoms with E-state index in [-0.39, 0.29) is 16.0 Å².